The minimum atomic E-state index is -0.294. The number of benzene rings is 1. The summed E-state index contributed by atoms with van der Waals surface area (Å²) in [6.07, 6.45) is 2.83. The van der Waals surface area contributed by atoms with Gasteiger partial charge in [0.1, 0.15) is 0 Å². The van der Waals surface area contributed by atoms with Crippen LogP contribution in [0, 0.1) is 0 Å². The molecule has 2 heterocycles. The lowest BCUT2D eigenvalue weighted by atomic mass is 10.1. The van der Waals surface area contributed by atoms with Crippen molar-refractivity contribution in [1.82, 2.24) is 9.47 Å². The first-order chi connectivity index (χ1) is 12.1. The lowest BCUT2D eigenvalue weighted by Gasteiger charge is -2.14. The number of rotatable bonds is 7. The van der Waals surface area contributed by atoms with Gasteiger partial charge in [-0.25, -0.2) is 0 Å². The monoisotopic (exact) mass is 340 g/mol. The number of amides is 2. The summed E-state index contributed by atoms with van der Waals surface area (Å²) in [4.78, 5) is 38.4. The Bertz CT molecular complexity index is 821. The average Bonchev–Trinajstić information content (AvgIpc) is 2.87. The highest BCUT2D eigenvalue weighted by atomic mass is 16.5. The Labute approximate surface area is 145 Å². The van der Waals surface area contributed by atoms with Crippen LogP contribution in [0.2, 0.25) is 0 Å². The van der Waals surface area contributed by atoms with Crippen LogP contribution in [0.5, 0.6) is 0 Å². The molecule has 0 atom stereocenters. The molecule has 2 aromatic rings. The van der Waals surface area contributed by atoms with Crippen molar-refractivity contribution in [1.29, 1.82) is 0 Å². The van der Waals surface area contributed by atoms with Gasteiger partial charge in [0, 0.05) is 38.6 Å². The zero-order chi connectivity index (χ0) is 17.8. The molecule has 0 fully saturated rings. The SMILES string of the molecule is COCCCn1cccc(CCN2C(=O)c3ccccc3C2=O)c1=O. The molecular formula is C19H20N2O4. The minimum Gasteiger partial charge on any atom is -0.385 e. The van der Waals surface area contributed by atoms with Crippen LogP contribution < -0.4 is 5.56 Å². The number of aryl methyl sites for hydroxylation is 1. The Morgan fingerprint density at radius 1 is 0.920 bits per heavy atom. The molecule has 0 bridgehead atoms. The molecule has 0 N–H and O–H groups in total. The highest BCUT2D eigenvalue weighted by molar-refractivity contribution is 6.21. The number of methoxy groups -OCH3 is 1. The molecule has 6 nitrogen and oxygen atoms in total. The number of ether oxygens (including phenoxy) is 1. The van der Waals surface area contributed by atoms with Crippen LogP contribution in [0.4, 0.5) is 0 Å². The summed E-state index contributed by atoms with van der Waals surface area (Å²) in [5.74, 6) is -0.589. The Kier molecular flexibility index (Phi) is 5.09. The largest absolute Gasteiger partial charge is 0.385 e. The standard InChI is InChI=1S/C19H20N2O4/c1-25-13-5-11-20-10-4-6-14(17(20)22)9-12-21-18(23)15-7-2-3-8-16(15)19(21)24/h2-4,6-8,10H,5,9,11-13H2,1H3. The fourth-order valence-electron chi connectivity index (χ4n) is 3.01. The molecule has 2 amide bonds. The summed E-state index contributed by atoms with van der Waals surface area (Å²) in [5, 5.41) is 0. The van der Waals surface area contributed by atoms with Crippen LogP contribution in [0.15, 0.2) is 47.4 Å². The Morgan fingerprint density at radius 2 is 1.60 bits per heavy atom. The van der Waals surface area contributed by atoms with E-state index in [0.29, 0.717) is 36.3 Å². The van der Waals surface area contributed by atoms with Crippen LogP contribution in [0.3, 0.4) is 0 Å². The molecule has 25 heavy (non-hydrogen) atoms. The van der Waals surface area contributed by atoms with Gasteiger partial charge in [0.25, 0.3) is 17.4 Å². The van der Waals surface area contributed by atoms with E-state index in [4.69, 9.17) is 4.74 Å². The molecular weight excluding hydrogens is 320 g/mol. The van der Waals surface area contributed by atoms with E-state index in [2.05, 4.69) is 0 Å². The van der Waals surface area contributed by atoms with Crippen LogP contribution in [-0.4, -0.2) is 41.5 Å². The Morgan fingerprint density at radius 3 is 2.24 bits per heavy atom. The van der Waals surface area contributed by atoms with E-state index in [1.807, 2.05) is 6.07 Å². The predicted molar refractivity (Wildman–Crippen MR) is 92.7 cm³/mol. The summed E-state index contributed by atoms with van der Waals surface area (Å²) in [6.45, 7) is 1.36. The number of hydrogen-bond donors (Lipinski definition) is 0. The molecule has 0 saturated heterocycles. The average molecular weight is 340 g/mol. The van der Waals surface area contributed by atoms with Gasteiger partial charge in [0.15, 0.2) is 0 Å². The third-order valence-electron chi connectivity index (χ3n) is 4.33. The molecule has 0 unspecified atom stereocenters. The Hall–Kier alpha value is -2.73. The molecule has 1 aromatic carbocycles. The van der Waals surface area contributed by atoms with Crippen LogP contribution >= 0.6 is 0 Å². The summed E-state index contributed by atoms with van der Waals surface area (Å²) in [6, 6.07) is 10.3. The van der Waals surface area contributed by atoms with E-state index in [9.17, 15) is 14.4 Å². The first-order valence-electron chi connectivity index (χ1n) is 8.26. The molecule has 0 radical (unpaired) electrons. The molecule has 1 aliphatic rings. The van der Waals surface area contributed by atoms with E-state index in [0.717, 1.165) is 6.42 Å². The first-order valence-corrected chi connectivity index (χ1v) is 8.26. The van der Waals surface area contributed by atoms with E-state index >= 15 is 0 Å². The van der Waals surface area contributed by atoms with Gasteiger partial charge in [-0.2, -0.15) is 0 Å². The van der Waals surface area contributed by atoms with E-state index in [1.165, 1.54) is 4.90 Å². The fraction of sp³-hybridized carbons (Fsp3) is 0.316. The number of pyridine rings is 1. The summed E-state index contributed by atoms with van der Waals surface area (Å²) < 4.78 is 6.64. The van der Waals surface area contributed by atoms with Crippen LogP contribution in [0.1, 0.15) is 32.7 Å². The van der Waals surface area contributed by atoms with Gasteiger partial charge in [0.05, 0.1) is 11.1 Å². The number of carbonyl (C=O) groups excluding carboxylic acids is 2. The number of fused-ring (bicyclic) bond motifs is 1. The maximum Gasteiger partial charge on any atom is 0.261 e. The van der Waals surface area contributed by atoms with Crippen molar-refractivity contribution in [3.8, 4) is 0 Å². The van der Waals surface area contributed by atoms with Crippen molar-refractivity contribution in [3.05, 3.63) is 69.6 Å². The van der Waals surface area contributed by atoms with Crippen molar-refractivity contribution >= 4 is 11.8 Å². The van der Waals surface area contributed by atoms with Crippen molar-refractivity contribution < 1.29 is 14.3 Å². The molecule has 0 saturated carbocycles. The highest BCUT2D eigenvalue weighted by Gasteiger charge is 2.34. The number of hydrogen-bond acceptors (Lipinski definition) is 4. The summed E-state index contributed by atoms with van der Waals surface area (Å²) in [5.41, 5.74) is 1.36. The topological polar surface area (TPSA) is 68.6 Å². The van der Waals surface area contributed by atoms with Crippen LogP contribution in [-0.2, 0) is 17.7 Å². The van der Waals surface area contributed by atoms with Crippen molar-refractivity contribution in [2.45, 2.75) is 19.4 Å². The Balaban J connectivity index is 1.71. The number of imide groups is 1. The molecule has 130 valence electrons. The van der Waals surface area contributed by atoms with E-state index < -0.39 is 0 Å². The van der Waals surface area contributed by atoms with Crippen LogP contribution in [0.25, 0.3) is 0 Å². The van der Waals surface area contributed by atoms with E-state index in [1.54, 1.807) is 48.2 Å². The normalized spacial score (nSPS) is 13.4. The smallest absolute Gasteiger partial charge is 0.261 e. The third-order valence-corrected chi connectivity index (χ3v) is 4.33. The fourth-order valence-corrected chi connectivity index (χ4v) is 3.01. The van der Waals surface area contributed by atoms with Crippen molar-refractivity contribution in [2.24, 2.45) is 0 Å². The maximum absolute atomic E-state index is 12.5. The first kappa shape index (κ1) is 17.1. The highest BCUT2D eigenvalue weighted by Crippen LogP contribution is 2.22. The number of nitrogens with zero attached hydrogens (tertiary/aromatic N) is 2. The van der Waals surface area contributed by atoms with Gasteiger partial charge in [-0.15, -0.1) is 0 Å². The summed E-state index contributed by atoms with van der Waals surface area (Å²) >= 11 is 0. The quantitative estimate of drug-likeness (QED) is 0.568. The van der Waals surface area contributed by atoms with Gasteiger partial charge in [-0.3, -0.25) is 19.3 Å². The van der Waals surface area contributed by atoms with Gasteiger partial charge < -0.3 is 9.30 Å². The lowest BCUT2D eigenvalue weighted by molar-refractivity contribution is 0.0656. The number of carbonyl (C=O) groups is 2. The van der Waals surface area contributed by atoms with Crippen molar-refractivity contribution in [3.63, 3.8) is 0 Å². The lowest BCUT2D eigenvalue weighted by Crippen LogP contribution is -2.33. The third kappa shape index (κ3) is 3.39. The molecule has 0 spiro atoms. The minimum absolute atomic E-state index is 0.0878. The second-order valence-electron chi connectivity index (χ2n) is 5.94. The molecule has 6 heteroatoms. The molecule has 1 aromatic heterocycles. The molecule has 0 aliphatic carbocycles. The maximum atomic E-state index is 12.5. The second kappa shape index (κ2) is 7.44. The second-order valence-corrected chi connectivity index (χ2v) is 5.94. The zero-order valence-electron chi connectivity index (χ0n) is 14.1. The summed E-state index contributed by atoms with van der Waals surface area (Å²) in [7, 11) is 1.63. The van der Waals surface area contributed by atoms with E-state index in [-0.39, 0.29) is 23.9 Å². The van der Waals surface area contributed by atoms with Crippen molar-refractivity contribution in [2.75, 3.05) is 20.3 Å². The number of aromatic nitrogens is 1. The molecule has 3 rings (SSSR count). The van der Waals surface area contributed by atoms with Gasteiger partial charge in [0.2, 0.25) is 0 Å². The molecule has 1 aliphatic heterocycles. The zero-order valence-corrected chi connectivity index (χ0v) is 14.1. The predicted octanol–water partition coefficient (Wildman–Crippen LogP) is 1.72. The van der Waals surface area contributed by atoms with Gasteiger partial charge >= 0.3 is 0 Å². The van der Waals surface area contributed by atoms with Gasteiger partial charge in [-0.1, -0.05) is 18.2 Å². The van der Waals surface area contributed by atoms with Gasteiger partial charge in [-0.05, 0) is 31.0 Å².